The maximum absolute atomic E-state index is 5.58. The monoisotopic (exact) mass is 334 g/mol. The van der Waals surface area contributed by atoms with Crippen LogP contribution in [0.2, 0.25) is 0 Å². The lowest BCUT2D eigenvalue weighted by molar-refractivity contribution is 0.351. The highest BCUT2D eigenvalue weighted by molar-refractivity contribution is 5.86. The van der Waals surface area contributed by atoms with Crippen LogP contribution >= 0.6 is 0 Å². The fourth-order valence-electron chi connectivity index (χ4n) is 3.67. The number of fused-ring (bicyclic) bond motifs is 1. The topological polar surface area (TPSA) is 18.5 Å². The lowest BCUT2D eigenvalue weighted by Gasteiger charge is -2.20. The first-order valence-electron chi connectivity index (χ1n) is 8.83. The minimum absolute atomic E-state index is 0.287. The molecule has 0 spiro atoms. The van der Waals surface area contributed by atoms with Crippen molar-refractivity contribution < 1.29 is 9.47 Å². The van der Waals surface area contributed by atoms with Gasteiger partial charge in [0, 0.05) is 5.92 Å². The SMILES string of the molecule is CCc1cc(C(C)c2ccc3ccccc3c2C)cc(OC)c1OC. The molecule has 2 heteroatoms. The van der Waals surface area contributed by atoms with Gasteiger partial charge in [0.05, 0.1) is 14.2 Å². The number of ether oxygens (including phenoxy) is 2. The summed E-state index contributed by atoms with van der Waals surface area (Å²) < 4.78 is 11.1. The molecule has 3 aromatic carbocycles. The molecule has 0 heterocycles. The molecule has 0 N–H and O–H groups in total. The first kappa shape index (κ1) is 17.3. The molecule has 0 radical (unpaired) electrons. The van der Waals surface area contributed by atoms with E-state index in [4.69, 9.17) is 9.47 Å². The average Bonchev–Trinajstić information content (AvgIpc) is 2.66. The third-order valence-corrected chi connectivity index (χ3v) is 5.17. The zero-order valence-corrected chi connectivity index (χ0v) is 15.7. The van der Waals surface area contributed by atoms with Crippen LogP contribution in [-0.4, -0.2) is 14.2 Å². The van der Waals surface area contributed by atoms with E-state index in [1.165, 1.54) is 33.0 Å². The summed E-state index contributed by atoms with van der Waals surface area (Å²) in [5, 5.41) is 2.61. The molecule has 0 aliphatic rings. The second-order valence-electron chi connectivity index (χ2n) is 6.49. The van der Waals surface area contributed by atoms with Crippen molar-refractivity contribution in [3.63, 3.8) is 0 Å². The Balaban J connectivity index is 2.12. The van der Waals surface area contributed by atoms with Crippen LogP contribution in [-0.2, 0) is 6.42 Å². The zero-order valence-electron chi connectivity index (χ0n) is 15.7. The van der Waals surface area contributed by atoms with Gasteiger partial charge in [0.2, 0.25) is 0 Å². The number of rotatable bonds is 5. The summed E-state index contributed by atoms with van der Waals surface area (Å²) >= 11 is 0. The Bertz CT molecular complexity index is 871. The van der Waals surface area contributed by atoms with Gasteiger partial charge in [-0.05, 0) is 52.4 Å². The largest absolute Gasteiger partial charge is 0.493 e. The van der Waals surface area contributed by atoms with E-state index in [-0.39, 0.29) is 5.92 Å². The summed E-state index contributed by atoms with van der Waals surface area (Å²) in [5.41, 5.74) is 5.14. The van der Waals surface area contributed by atoms with Crippen LogP contribution in [0.5, 0.6) is 11.5 Å². The van der Waals surface area contributed by atoms with Crippen LogP contribution in [0.15, 0.2) is 48.5 Å². The average molecular weight is 334 g/mol. The predicted molar refractivity (Wildman–Crippen MR) is 105 cm³/mol. The summed E-state index contributed by atoms with van der Waals surface area (Å²) in [4.78, 5) is 0. The molecule has 2 nitrogen and oxygen atoms in total. The van der Waals surface area contributed by atoms with Crippen LogP contribution in [0.4, 0.5) is 0 Å². The molecule has 0 fully saturated rings. The highest BCUT2D eigenvalue weighted by atomic mass is 16.5. The Morgan fingerprint density at radius 1 is 0.960 bits per heavy atom. The molecule has 1 unspecified atom stereocenters. The second-order valence-corrected chi connectivity index (χ2v) is 6.49. The highest BCUT2D eigenvalue weighted by Crippen LogP contribution is 2.38. The second kappa shape index (κ2) is 7.18. The molecule has 0 saturated heterocycles. The zero-order chi connectivity index (χ0) is 18.0. The van der Waals surface area contributed by atoms with Crippen LogP contribution in [0, 0.1) is 6.92 Å². The molecule has 0 saturated carbocycles. The highest BCUT2D eigenvalue weighted by Gasteiger charge is 2.18. The summed E-state index contributed by atoms with van der Waals surface area (Å²) in [6, 6.07) is 17.4. The van der Waals surface area contributed by atoms with Gasteiger partial charge >= 0.3 is 0 Å². The van der Waals surface area contributed by atoms with Crippen molar-refractivity contribution >= 4 is 10.8 Å². The molecule has 0 amide bonds. The molecular weight excluding hydrogens is 308 g/mol. The van der Waals surface area contributed by atoms with Gasteiger partial charge in [0.25, 0.3) is 0 Å². The van der Waals surface area contributed by atoms with E-state index < -0.39 is 0 Å². The van der Waals surface area contributed by atoms with Crippen LogP contribution < -0.4 is 9.47 Å². The normalized spacial score (nSPS) is 12.2. The van der Waals surface area contributed by atoms with Gasteiger partial charge in [-0.25, -0.2) is 0 Å². The molecule has 3 rings (SSSR count). The molecule has 0 aliphatic carbocycles. The van der Waals surface area contributed by atoms with Crippen molar-refractivity contribution in [1.29, 1.82) is 0 Å². The van der Waals surface area contributed by atoms with Crippen molar-refractivity contribution in [3.05, 3.63) is 70.8 Å². The number of aryl methyl sites for hydroxylation is 2. The van der Waals surface area contributed by atoms with Crippen molar-refractivity contribution in [1.82, 2.24) is 0 Å². The fourth-order valence-corrected chi connectivity index (χ4v) is 3.67. The van der Waals surface area contributed by atoms with Gasteiger partial charge in [-0.2, -0.15) is 0 Å². The van der Waals surface area contributed by atoms with Gasteiger partial charge in [-0.15, -0.1) is 0 Å². The van der Waals surface area contributed by atoms with E-state index in [2.05, 4.69) is 69.3 Å². The molecule has 1 atom stereocenters. The van der Waals surface area contributed by atoms with E-state index in [0.29, 0.717) is 0 Å². The van der Waals surface area contributed by atoms with Gasteiger partial charge in [0.15, 0.2) is 11.5 Å². The molecule has 0 bridgehead atoms. The quantitative estimate of drug-likeness (QED) is 0.580. The molecule has 0 aromatic heterocycles. The summed E-state index contributed by atoms with van der Waals surface area (Å²) in [6.07, 6.45) is 0.913. The third kappa shape index (κ3) is 3.09. The van der Waals surface area contributed by atoms with Crippen LogP contribution in [0.25, 0.3) is 10.8 Å². The molecule has 25 heavy (non-hydrogen) atoms. The minimum atomic E-state index is 0.287. The van der Waals surface area contributed by atoms with Gasteiger partial charge in [0.1, 0.15) is 0 Å². The van der Waals surface area contributed by atoms with E-state index in [0.717, 1.165) is 17.9 Å². The van der Waals surface area contributed by atoms with Crippen molar-refractivity contribution in [2.75, 3.05) is 14.2 Å². The summed E-state index contributed by atoms with van der Waals surface area (Å²) in [6.45, 7) is 6.63. The van der Waals surface area contributed by atoms with E-state index >= 15 is 0 Å². The first-order valence-corrected chi connectivity index (χ1v) is 8.83. The summed E-state index contributed by atoms with van der Waals surface area (Å²) in [5.74, 6) is 1.94. The van der Waals surface area contributed by atoms with Crippen molar-refractivity contribution in [2.24, 2.45) is 0 Å². The molecule has 0 aliphatic heterocycles. The third-order valence-electron chi connectivity index (χ3n) is 5.17. The minimum Gasteiger partial charge on any atom is -0.493 e. The first-order chi connectivity index (χ1) is 12.1. The van der Waals surface area contributed by atoms with E-state index in [1.807, 2.05) is 0 Å². The summed E-state index contributed by atoms with van der Waals surface area (Å²) in [7, 11) is 3.40. The van der Waals surface area contributed by atoms with Crippen molar-refractivity contribution in [2.45, 2.75) is 33.1 Å². The Morgan fingerprint density at radius 3 is 2.40 bits per heavy atom. The Hall–Kier alpha value is -2.48. The van der Waals surface area contributed by atoms with Crippen LogP contribution in [0.3, 0.4) is 0 Å². The Labute approximate surface area is 150 Å². The molecular formula is C23H26O2. The van der Waals surface area contributed by atoms with Gasteiger partial charge in [-0.1, -0.05) is 56.3 Å². The number of hydrogen-bond donors (Lipinski definition) is 0. The lowest BCUT2D eigenvalue weighted by Crippen LogP contribution is -2.03. The maximum Gasteiger partial charge on any atom is 0.163 e. The lowest BCUT2D eigenvalue weighted by atomic mass is 9.86. The molecule has 130 valence electrons. The fraction of sp³-hybridized carbons (Fsp3) is 0.304. The molecule has 3 aromatic rings. The Kier molecular flexibility index (Phi) is 4.98. The standard InChI is InChI=1S/C23H26O2/c1-6-17-13-19(14-22(24-4)23(17)25-5)15(2)20-12-11-18-9-7-8-10-21(18)16(20)3/h7-15H,6H2,1-5H3. The number of methoxy groups -OCH3 is 2. The van der Waals surface area contributed by atoms with Gasteiger partial charge in [-0.3, -0.25) is 0 Å². The number of benzene rings is 3. The van der Waals surface area contributed by atoms with Gasteiger partial charge < -0.3 is 9.47 Å². The maximum atomic E-state index is 5.58. The smallest absolute Gasteiger partial charge is 0.163 e. The van der Waals surface area contributed by atoms with E-state index in [1.54, 1.807) is 14.2 Å². The van der Waals surface area contributed by atoms with Crippen LogP contribution in [0.1, 0.15) is 42.0 Å². The van der Waals surface area contributed by atoms with E-state index in [9.17, 15) is 0 Å². The van der Waals surface area contributed by atoms with Crippen molar-refractivity contribution in [3.8, 4) is 11.5 Å². The Morgan fingerprint density at radius 2 is 1.72 bits per heavy atom. The number of hydrogen-bond acceptors (Lipinski definition) is 2. The predicted octanol–water partition coefficient (Wildman–Crippen LogP) is 5.88.